The average Bonchev–Trinajstić information content (AvgIpc) is 2.99. The van der Waals surface area contributed by atoms with Crippen molar-refractivity contribution in [1.29, 1.82) is 0 Å². The lowest BCUT2D eigenvalue weighted by Crippen LogP contribution is -2.34. The maximum Gasteiger partial charge on any atom is 0.340 e. The molecule has 1 aliphatic heterocycles. The fraction of sp³-hybridized carbons (Fsp3) is 0.429. The lowest BCUT2D eigenvalue weighted by molar-refractivity contribution is -0.124. The third-order valence-corrected chi connectivity index (χ3v) is 3.88. The van der Waals surface area contributed by atoms with E-state index in [0.717, 1.165) is 19.4 Å². The van der Waals surface area contributed by atoms with Gasteiger partial charge in [-0.05, 0) is 25.0 Å². The highest BCUT2D eigenvalue weighted by Crippen LogP contribution is 2.25. The van der Waals surface area contributed by atoms with Gasteiger partial charge < -0.3 is 14.8 Å². The van der Waals surface area contributed by atoms with E-state index in [1.54, 1.807) is 12.1 Å². The number of carbonyl (C=O) groups excluding carboxylic acids is 2. The molecule has 1 aromatic rings. The largest absolute Gasteiger partial charge is 0.452 e. The molecule has 1 fully saturated rings. The molecule has 0 spiro atoms. The number of carbonyl (C=O) groups is 2. The Morgan fingerprint density at radius 2 is 2.19 bits per heavy atom. The Balaban J connectivity index is 1.77. The van der Waals surface area contributed by atoms with Gasteiger partial charge >= 0.3 is 5.97 Å². The van der Waals surface area contributed by atoms with Crippen LogP contribution in [0.4, 0.5) is 0 Å². The van der Waals surface area contributed by atoms with Crippen molar-refractivity contribution in [2.75, 3.05) is 19.8 Å². The number of nitrogens with one attached hydrogen (secondary N) is 1. The molecule has 0 aromatic heterocycles. The second-order valence-electron chi connectivity index (χ2n) is 4.62. The molecule has 1 amide bonds. The van der Waals surface area contributed by atoms with E-state index in [1.807, 2.05) is 0 Å². The third kappa shape index (κ3) is 4.59. The molecule has 114 valence electrons. The SMILES string of the molecule is O=C(COC(=O)c1cccc(Cl)c1Cl)NC[C@@H]1CCCO1. The molecule has 7 heteroatoms. The first kappa shape index (κ1) is 16.1. The fourth-order valence-electron chi connectivity index (χ4n) is 1.95. The van der Waals surface area contributed by atoms with Crippen LogP contribution in [0.25, 0.3) is 0 Å². The zero-order chi connectivity index (χ0) is 15.2. The molecular weight excluding hydrogens is 317 g/mol. The van der Waals surface area contributed by atoms with Crippen LogP contribution in [0.15, 0.2) is 18.2 Å². The number of ether oxygens (including phenoxy) is 2. The summed E-state index contributed by atoms with van der Waals surface area (Å²) in [7, 11) is 0. The monoisotopic (exact) mass is 331 g/mol. The van der Waals surface area contributed by atoms with Gasteiger partial charge in [-0.2, -0.15) is 0 Å². The normalized spacial score (nSPS) is 17.5. The average molecular weight is 332 g/mol. The number of benzene rings is 1. The Morgan fingerprint density at radius 3 is 2.90 bits per heavy atom. The first-order valence-electron chi connectivity index (χ1n) is 6.57. The van der Waals surface area contributed by atoms with Crippen LogP contribution in [-0.4, -0.2) is 37.7 Å². The Morgan fingerprint density at radius 1 is 1.38 bits per heavy atom. The van der Waals surface area contributed by atoms with Gasteiger partial charge in [0, 0.05) is 13.2 Å². The molecule has 0 radical (unpaired) electrons. The van der Waals surface area contributed by atoms with Gasteiger partial charge in [0.15, 0.2) is 6.61 Å². The molecule has 1 aliphatic rings. The van der Waals surface area contributed by atoms with Crippen molar-refractivity contribution < 1.29 is 19.1 Å². The van der Waals surface area contributed by atoms with E-state index in [0.29, 0.717) is 6.54 Å². The molecule has 2 rings (SSSR count). The van der Waals surface area contributed by atoms with Crippen molar-refractivity contribution >= 4 is 35.1 Å². The zero-order valence-electron chi connectivity index (χ0n) is 11.2. The number of halogens is 2. The van der Waals surface area contributed by atoms with Crippen molar-refractivity contribution in [1.82, 2.24) is 5.32 Å². The molecule has 21 heavy (non-hydrogen) atoms. The van der Waals surface area contributed by atoms with Crippen molar-refractivity contribution in [3.8, 4) is 0 Å². The molecule has 0 aliphatic carbocycles. The Hall–Kier alpha value is -1.30. The first-order chi connectivity index (χ1) is 10.1. The van der Waals surface area contributed by atoms with Crippen molar-refractivity contribution in [3.05, 3.63) is 33.8 Å². The van der Waals surface area contributed by atoms with E-state index in [2.05, 4.69) is 5.32 Å². The van der Waals surface area contributed by atoms with E-state index >= 15 is 0 Å². The van der Waals surface area contributed by atoms with Gasteiger partial charge in [0.05, 0.1) is 21.7 Å². The van der Waals surface area contributed by atoms with E-state index in [9.17, 15) is 9.59 Å². The standard InChI is InChI=1S/C14H15Cl2NO4/c15-11-5-1-4-10(13(11)16)14(19)21-8-12(18)17-7-9-3-2-6-20-9/h1,4-5,9H,2-3,6-8H2,(H,17,18)/t9-/m0/s1. The molecule has 1 atom stereocenters. The Bertz CT molecular complexity index is 530. The van der Waals surface area contributed by atoms with E-state index in [4.69, 9.17) is 32.7 Å². The molecule has 1 N–H and O–H groups in total. The minimum Gasteiger partial charge on any atom is -0.452 e. The van der Waals surface area contributed by atoms with Crippen LogP contribution in [-0.2, 0) is 14.3 Å². The van der Waals surface area contributed by atoms with Gasteiger partial charge in [0.1, 0.15) is 0 Å². The molecule has 1 heterocycles. The van der Waals surface area contributed by atoms with Gasteiger partial charge in [-0.25, -0.2) is 4.79 Å². The minimum absolute atomic E-state index is 0.0482. The smallest absolute Gasteiger partial charge is 0.340 e. The molecule has 0 saturated carbocycles. The lowest BCUT2D eigenvalue weighted by Gasteiger charge is -2.11. The van der Waals surface area contributed by atoms with Crippen molar-refractivity contribution in [3.63, 3.8) is 0 Å². The maximum absolute atomic E-state index is 11.8. The molecule has 1 aromatic carbocycles. The molecular formula is C14H15Cl2NO4. The van der Waals surface area contributed by atoms with Gasteiger partial charge in [-0.3, -0.25) is 4.79 Å². The number of esters is 1. The van der Waals surface area contributed by atoms with Crippen LogP contribution < -0.4 is 5.32 Å². The van der Waals surface area contributed by atoms with Crippen LogP contribution >= 0.6 is 23.2 Å². The molecule has 0 bridgehead atoms. The van der Waals surface area contributed by atoms with E-state index < -0.39 is 5.97 Å². The zero-order valence-corrected chi connectivity index (χ0v) is 12.7. The van der Waals surface area contributed by atoms with Crippen molar-refractivity contribution in [2.45, 2.75) is 18.9 Å². The topological polar surface area (TPSA) is 64.6 Å². The summed E-state index contributed by atoms with van der Waals surface area (Å²) in [5.74, 6) is -1.06. The number of amides is 1. The second kappa shape index (κ2) is 7.64. The van der Waals surface area contributed by atoms with Crippen LogP contribution in [0.3, 0.4) is 0 Å². The van der Waals surface area contributed by atoms with E-state index in [1.165, 1.54) is 6.07 Å². The highest BCUT2D eigenvalue weighted by molar-refractivity contribution is 6.43. The maximum atomic E-state index is 11.8. The number of rotatable bonds is 5. The van der Waals surface area contributed by atoms with Gasteiger partial charge in [-0.1, -0.05) is 29.3 Å². The highest BCUT2D eigenvalue weighted by Gasteiger charge is 2.18. The summed E-state index contributed by atoms with van der Waals surface area (Å²) in [6.07, 6.45) is 1.98. The predicted molar refractivity (Wildman–Crippen MR) is 78.7 cm³/mol. The van der Waals surface area contributed by atoms with Crippen LogP contribution in [0.1, 0.15) is 23.2 Å². The Kier molecular flexibility index (Phi) is 5.85. The van der Waals surface area contributed by atoms with E-state index in [-0.39, 0.29) is 34.2 Å². The minimum atomic E-state index is -0.685. The molecule has 0 unspecified atom stereocenters. The predicted octanol–water partition coefficient (Wildman–Crippen LogP) is 2.45. The summed E-state index contributed by atoms with van der Waals surface area (Å²) >= 11 is 11.7. The fourth-order valence-corrected chi connectivity index (χ4v) is 2.33. The van der Waals surface area contributed by atoms with Crippen molar-refractivity contribution in [2.24, 2.45) is 0 Å². The molecule has 1 saturated heterocycles. The summed E-state index contributed by atoms with van der Waals surface area (Å²) in [5.41, 5.74) is 0.135. The second-order valence-corrected chi connectivity index (χ2v) is 5.40. The Labute approximate surface area is 132 Å². The third-order valence-electron chi connectivity index (χ3n) is 3.06. The summed E-state index contributed by atoms with van der Waals surface area (Å²) in [6.45, 7) is 0.783. The summed E-state index contributed by atoms with van der Waals surface area (Å²) in [5, 5.41) is 3.03. The van der Waals surface area contributed by atoms with Gasteiger partial charge in [-0.15, -0.1) is 0 Å². The number of hydrogen-bond acceptors (Lipinski definition) is 4. The van der Waals surface area contributed by atoms with Gasteiger partial charge in [0.25, 0.3) is 5.91 Å². The first-order valence-corrected chi connectivity index (χ1v) is 7.33. The summed E-state index contributed by atoms with van der Waals surface area (Å²) in [6, 6.07) is 4.64. The van der Waals surface area contributed by atoms with Crippen LogP contribution in [0.2, 0.25) is 10.0 Å². The lowest BCUT2D eigenvalue weighted by atomic mass is 10.2. The van der Waals surface area contributed by atoms with Crippen LogP contribution in [0, 0.1) is 0 Å². The quantitative estimate of drug-likeness (QED) is 0.841. The summed E-state index contributed by atoms with van der Waals surface area (Å²) in [4.78, 5) is 23.4. The summed E-state index contributed by atoms with van der Waals surface area (Å²) < 4.78 is 10.3. The molecule has 5 nitrogen and oxygen atoms in total. The highest BCUT2D eigenvalue weighted by atomic mass is 35.5. The van der Waals surface area contributed by atoms with Crippen LogP contribution in [0.5, 0.6) is 0 Å². The number of hydrogen-bond donors (Lipinski definition) is 1. The van der Waals surface area contributed by atoms with Gasteiger partial charge in [0.2, 0.25) is 0 Å².